The lowest BCUT2D eigenvalue weighted by molar-refractivity contribution is 0.355. The molecule has 0 aliphatic rings. The number of imidazole rings is 1. The fraction of sp³-hybridized carbons (Fsp3) is 0.182. The van der Waals surface area contributed by atoms with E-state index in [1.807, 2.05) is 28.8 Å². The van der Waals surface area contributed by atoms with Crippen LogP contribution in [-0.4, -0.2) is 28.6 Å². The van der Waals surface area contributed by atoms with Crippen molar-refractivity contribution in [1.82, 2.24) is 14.4 Å². The average molecular weight is 374 g/mol. The van der Waals surface area contributed by atoms with E-state index in [1.54, 1.807) is 26.6 Å². The first-order valence-electron chi connectivity index (χ1n) is 8.99. The van der Waals surface area contributed by atoms with Gasteiger partial charge in [-0.05, 0) is 55.3 Å². The van der Waals surface area contributed by atoms with Crippen LogP contribution in [0.3, 0.4) is 0 Å². The van der Waals surface area contributed by atoms with Gasteiger partial charge in [-0.2, -0.15) is 0 Å². The van der Waals surface area contributed by atoms with Crippen molar-refractivity contribution in [3.05, 3.63) is 66.1 Å². The quantitative estimate of drug-likeness (QED) is 0.545. The smallest absolute Gasteiger partial charge is 0.161 e. The van der Waals surface area contributed by atoms with Crippen LogP contribution in [-0.2, 0) is 0 Å². The summed E-state index contributed by atoms with van der Waals surface area (Å²) < 4.78 is 12.8. The molecule has 0 spiro atoms. The SMILES string of the molecule is COc1ccc(-c2nc3cnccn3c2Nc2cc(C)cc(C)c2)cc1OC. The lowest BCUT2D eigenvalue weighted by Crippen LogP contribution is -1.98. The number of nitrogens with one attached hydrogen (secondary N) is 1. The topological polar surface area (TPSA) is 60.7 Å². The van der Waals surface area contributed by atoms with E-state index in [4.69, 9.17) is 14.5 Å². The molecule has 0 saturated heterocycles. The molecular formula is C22H22N4O2. The van der Waals surface area contributed by atoms with Crippen molar-refractivity contribution < 1.29 is 9.47 Å². The highest BCUT2D eigenvalue weighted by Crippen LogP contribution is 2.36. The van der Waals surface area contributed by atoms with Crippen LogP contribution in [0.4, 0.5) is 11.5 Å². The number of fused-ring (bicyclic) bond motifs is 1. The molecule has 0 fully saturated rings. The molecule has 6 heteroatoms. The fourth-order valence-corrected chi connectivity index (χ4v) is 3.39. The Hall–Kier alpha value is -3.54. The van der Waals surface area contributed by atoms with Crippen LogP contribution in [0.5, 0.6) is 11.5 Å². The van der Waals surface area contributed by atoms with Crippen LogP contribution in [0.2, 0.25) is 0 Å². The Morgan fingerprint density at radius 3 is 2.39 bits per heavy atom. The molecule has 28 heavy (non-hydrogen) atoms. The maximum absolute atomic E-state index is 5.47. The zero-order valence-corrected chi connectivity index (χ0v) is 16.4. The third-order valence-electron chi connectivity index (χ3n) is 4.57. The summed E-state index contributed by atoms with van der Waals surface area (Å²) in [5, 5.41) is 3.54. The second-order valence-corrected chi connectivity index (χ2v) is 6.68. The largest absolute Gasteiger partial charge is 0.493 e. The van der Waals surface area contributed by atoms with Crippen LogP contribution >= 0.6 is 0 Å². The summed E-state index contributed by atoms with van der Waals surface area (Å²) in [7, 11) is 3.26. The zero-order valence-electron chi connectivity index (χ0n) is 16.4. The molecule has 4 aromatic rings. The van der Waals surface area contributed by atoms with E-state index in [-0.39, 0.29) is 0 Å². The molecule has 2 aromatic heterocycles. The van der Waals surface area contributed by atoms with Gasteiger partial charge in [0, 0.05) is 23.6 Å². The van der Waals surface area contributed by atoms with E-state index >= 15 is 0 Å². The first-order valence-corrected chi connectivity index (χ1v) is 8.99. The summed E-state index contributed by atoms with van der Waals surface area (Å²) in [6.07, 6.45) is 5.40. The van der Waals surface area contributed by atoms with Crippen molar-refractivity contribution in [3.63, 3.8) is 0 Å². The molecule has 0 radical (unpaired) electrons. The van der Waals surface area contributed by atoms with Gasteiger partial charge in [-0.1, -0.05) is 6.07 Å². The molecule has 0 saturated carbocycles. The fourth-order valence-electron chi connectivity index (χ4n) is 3.39. The molecule has 4 rings (SSSR count). The number of nitrogens with zero attached hydrogens (tertiary/aromatic N) is 3. The van der Waals surface area contributed by atoms with Crippen molar-refractivity contribution in [3.8, 4) is 22.8 Å². The van der Waals surface area contributed by atoms with Gasteiger partial charge in [0.1, 0.15) is 11.5 Å². The minimum absolute atomic E-state index is 0.660. The molecule has 0 aliphatic carbocycles. The molecule has 0 unspecified atom stereocenters. The minimum Gasteiger partial charge on any atom is -0.493 e. The van der Waals surface area contributed by atoms with Crippen LogP contribution in [0.25, 0.3) is 16.9 Å². The van der Waals surface area contributed by atoms with E-state index in [1.165, 1.54) is 11.1 Å². The van der Waals surface area contributed by atoms with E-state index in [0.29, 0.717) is 11.5 Å². The number of hydrogen-bond acceptors (Lipinski definition) is 5. The van der Waals surface area contributed by atoms with Crippen molar-refractivity contribution in [2.45, 2.75) is 13.8 Å². The van der Waals surface area contributed by atoms with Gasteiger partial charge in [0.05, 0.1) is 20.4 Å². The lowest BCUT2D eigenvalue weighted by atomic mass is 10.1. The Bertz CT molecular complexity index is 1130. The summed E-state index contributed by atoms with van der Waals surface area (Å²) in [5.74, 6) is 2.21. The van der Waals surface area contributed by atoms with E-state index in [0.717, 1.165) is 28.4 Å². The van der Waals surface area contributed by atoms with Crippen molar-refractivity contribution in [2.75, 3.05) is 19.5 Å². The summed E-state index contributed by atoms with van der Waals surface area (Å²) in [6.45, 7) is 4.18. The maximum atomic E-state index is 5.47. The molecule has 0 atom stereocenters. The van der Waals surface area contributed by atoms with E-state index < -0.39 is 0 Å². The highest BCUT2D eigenvalue weighted by Gasteiger charge is 2.17. The maximum Gasteiger partial charge on any atom is 0.161 e. The monoisotopic (exact) mass is 374 g/mol. The minimum atomic E-state index is 0.660. The van der Waals surface area contributed by atoms with Gasteiger partial charge in [0.2, 0.25) is 0 Å². The summed E-state index contributed by atoms with van der Waals surface area (Å²) in [5.41, 5.74) is 5.91. The van der Waals surface area contributed by atoms with Gasteiger partial charge in [-0.15, -0.1) is 0 Å². The molecule has 2 heterocycles. The van der Waals surface area contributed by atoms with Crippen LogP contribution in [0.1, 0.15) is 11.1 Å². The normalized spacial score (nSPS) is 10.9. The van der Waals surface area contributed by atoms with Crippen LogP contribution in [0.15, 0.2) is 55.0 Å². The Morgan fingerprint density at radius 2 is 1.68 bits per heavy atom. The standard InChI is InChI=1S/C22H22N4O2/c1-14-9-15(2)11-17(10-14)24-22-21(25-20-13-23-7-8-26(20)22)16-5-6-18(27-3)19(12-16)28-4/h5-13,24H,1-4H3. The molecule has 142 valence electrons. The van der Waals surface area contributed by atoms with Crippen molar-refractivity contribution in [2.24, 2.45) is 0 Å². The number of benzene rings is 2. The second kappa shape index (κ2) is 7.23. The molecule has 0 aliphatic heterocycles. The van der Waals surface area contributed by atoms with Crippen LogP contribution in [0, 0.1) is 13.8 Å². The first kappa shape index (κ1) is 17.9. The average Bonchev–Trinajstić information content (AvgIpc) is 3.05. The van der Waals surface area contributed by atoms with Gasteiger partial charge >= 0.3 is 0 Å². The number of ether oxygens (including phenoxy) is 2. The Balaban J connectivity index is 1.88. The van der Waals surface area contributed by atoms with Crippen molar-refractivity contribution in [1.29, 1.82) is 0 Å². The number of methoxy groups -OCH3 is 2. The summed E-state index contributed by atoms with van der Waals surface area (Å²) in [4.78, 5) is 9.00. The van der Waals surface area contributed by atoms with Crippen molar-refractivity contribution >= 4 is 17.2 Å². The van der Waals surface area contributed by atoms with Gasteiger partial charge in [0.25, 0.3) is 0 Å². The highest BCUT2D eigenvalue weighted by molar-refractivity contribution is 5.80. The summed E-state index contributed by atoms with van der Waals surface area (Å²) in [6, 6.07) is 12.2. The Labute approximate surface area is 163 Å². The Morgan fingerprint density at radius 1 is 0.929 bits per heavy atom. The third-order valence-corrected chi connectivity index (χ3v) is 4.57. The number of anilines is 2. The molecule has 2 aromatic carbocycles. The van der Waals surface area contributed by atoms with Gasteiger partial charge in [-0.25, -0.2) is 4.98 Å². The van der Waals surface area contributed by atoms with Crippen LogP contribution < -0.4 is 14.8 Å². The third kappa shape index (κ3) is 3.24. The van der Waals surface area contributed by atoms with Gasteiger partial charge in [0.15, 0.2) is 17.1 Å². The predicted octanol–water partition coefficient (Wildman–Crippen LogP) is 4.77. The molecule has 1 N–H and O–H groups in total. The molecule has 6 nitrogen and oxygen atoms in total. The Kier molecular flexibility index (Phi) is 4.61. The number of aryl methyl sites for hydroxylation is 2. The molecule has 0 amide bonds. The summed E-state index contributed by atoms with van der Waals surface area (Å²) >= 11 is 0. The van der Waals surface area contributed by atoms with E-state index in [9.17, 15) is 0 Å². The predicted molar refractivity (Wildman–Crippen MR) is 111 cm³/mol. The van der Waals surface area contributed by atoms with Gasteiger partial charge in [-0.3, -0.25) is 9.38 Å². The number of hydrogen-bond donors (Lipinski definition) is 1. The number of aromatic nitrogens is 3. The second-order valence-electron chi connectivity index (χ2n) is 6.68. The molecular weight excluding hydrogens is 352 g/mol. The lowest BCUT2D eigenvalue weighted by Gasteiger charge is -2.12. The highest BCUT2D eigenvalue weighted by atomic mass is 16.5. The number of rotatable bonds is 5. The first-order chi connectivity index (χ1) is 13.6. The zero-order chi connectivity index (χ0) is 19.7. The van der Waals surface area contributed by atoms with Gasteiger partial charge < -0.3 is 14.8 Å². The van der Waals surface area contributed by atoms with E-state index in [2.05, 4.69) is 42.3 Å². The molecule has 0 bridgehead atoms.